The van der Waals surface area contributed by atoms with Gasteiger partial charge in [0.25, 0.3) is 0 Å². The smallest absolute Gasteiger partial charge is 0.306 e. The highest BCUT2D eigenvalue weighted by molar-refractivity contribution is 5.70. The Morgan fingerprint density at radius 3 is 1.83 bits per heavy atom. The molecule has 3 atom stereocenters. The second-order valence-corrected chi connectivity index (χ2v) is 12.0. The Labute approximate surface area is 252 Å². The Kier molecular flexibility index (Phi) is 25.2. The van der Waals surface area contributed by atoms with Crippen LogP contribution >= 0.6 is 0 Å². The maximum absolute atomic E-state index is 12.1. The van der Waals surface area contributed by atoms with Crippen molar-refractivity contribution >= 4 is 11.9 Å². The van der Waals surface area contributed by atoms with Crippen molar-refractivity contribution in [2.45, 2.75) is 186 Å². The molecule has 0 amide bonds. The van der Waals surface area contributed by atoms with Crippen LogP contribution in [0.15, 0.2) is 12.2 Å². The number of ether oxygens (including phenoxy) is 3. The van der Waals surface area contributed by atoms with Crippen LogP contribution in [0.1, 0.15) is 168 Å². The van der Waals surface area contributed by atoms with Crippen LogP contribution in [0.3, 0.4) is 0 Å². The maximum Gasteiger partial charge on any atom is 0.306 e. The second-order valence-electron chi connectivity index (χ2n) is 12.0. The highest BCUT2D eigenvalue weighted by Gasteiger charge is 2.36. The fraction of sp³-hybridized carbons (Fsp3) is 0.886. The topological polar surface area (TPSA) is 85.4 Å². The lowest BCUT2D eigenvalue weighted by molar-refractivity contribution is -0.161. The SMILES string of the molecule is CCCCC/C=C\CC1OC1CCCCCCCC(=O)O[C@@H](CO)COC(=O)CCCCCCCCCCCCC. The van der Waals surface area contributed by atoms with Crippen molar-refractivity contribution in [1.29, 1.82) is 0 Å². The number of aliphatic hydroxyl groups is 1. The van der Waals surface area contributed by atoms with Crippen molar-refractivity contribution in [2.24, 2.45) is 0 Å². The van der Waals surface area contributed by atoms with Crippen LogP contribution < -0.4 is 0 Å². The average Bonchev–Trinajstić information content (AvgIpc) is 3.73. The van der Waals surface area contributed by atoms with E-state index in [2.05, 4.69) is 26.0 Å². The van der Waals surface area contributed by atoms with Crippen molar-refractivity contribution in [1.82, 2.24) is 0 Å². The molecule has 1 N–H and O–H groups in total. The second kappa shape index (κ2) is 27.4. The molecule has 0 aliphatic carbocycles. The van der Waals surface area contributed by atoms with E-state index in [-0.39, 0.29) is 25.2 Å². The normalized spacial score (nSPS) is 17.1. The first-order valence-electron chi connectivity index (χ1n) is 17.4. The predicted molar refractivity (Wildman–Crippen MR) is 168 cm³/mol. The third-order valence-electron chi connectivity index (χ3n) is 7.98. The number of esters is 2. The minimum absolute atomic E-state index is 0.0714. The monoisotopic (exact) mass is 580 g/mol. The standard InChI is InChI=1S/C35H64O6/c1-3-5-7-9-11-12-13-14-15-19-23-27-34(37)39-30-31(29-36)40-35(38)28-24-20-16-18-22-26-33-32(41-33)25-21-17-10-8-6-4-2/h17,21,31-33,36H,3-16,18-20,22-30H2,1-2H3/b21-17-/t31-,32?,33?/m0/s1. The summed E-state index contributed by atoms with van der Waals surface area (Å²) in [5.41, 5.74) is 0. The number of aliphatic hydroxyl groups excluding tert-OH is 1. The van der Waals surface area contributed by atoms with E-state index in [1.807, 2.05) is 0 Å². The van der Waals surface area contributed by atoms with Crippen LogP contribution in [0, 0.1) is 0 Å². The number of carbonyl (C=O) groups excluding carboxylic acids is 2. The molecule has 1 fully saturated rings. The van der Waals surface area contributed by atoms with E-state index in [1.165, 1.54) is 83.5 Å². The van der Waals surface area contributed by atoms with Gasteiger partial charge in [-0.25, -0.2) is 0 Å². The summed E-state index contributed by atoms with van der Waals surface area (Å²) in [4.78, 5) is 24.1. The molecule has 1 heterocycles. The van der Waals surface area contributed by atoms with E-state index in [9.17, 15) is 14.7 Å². The van der Waals surface area contributed by atoms with Gasteiger partial charge in [0, 0.05) is 12.8 Å². The molecule has 1 aliphatic rings. The molecule has 41 heavy (non-hydrogen) atoms. The van der Waals surface area contributed by atoms with Crippen molar-refractivity contribution in [3.8, 4) is 0 Å². The van der Waals surface area contributed by atoms with Crippen molar-refractivity contribution < 1.29 is 28.9 Å². The third kappa shape index (κ3) is 23.8. The van der Waals surface area contributed by atoms with Crippen LogP contribution in [0.4, 0.5) is 0 Å². The quantitative estimate of drug-likeness (QED) is 0.0394. The van der Waals surface area contributed by atoms with Crippen molar-refractivity contribution in [3.63, 3.8) is 0 Å². The molecule has 0 spiro atoms. The summed E-state index contributed by atoms with van der Waals surface area (Å²) in [5, 5.41) is 9.51. The first-order valence-corrected chi connectivity index (χ1v) is 17.4. The molecule has 1 rings (SSSR count). The Morgan fingerprint density at radius 2 is 1.22 bits per heavy atom. The van der Waals surface area contributed by atoms with Gasteiger partial charge in [0.1, 0.15) is 6.61 Å². The summed E-state index contributed by atoms with van der Waals surface area (Å²) in [5.74, 6) is -0.611. The largest absolute Gasteiger partial charge is 0.462 e. The molecule has 0 saturated carbocycles. The summed E-state index contributed by atoms with van der Waals surface area (Å²) in [6.07, 6.45) is 31.4. The van der Waals surface area contributed by atoms with Gasteiger partial charge in [0.15, 0.2) is 6.10 Å². The summed E-state index contributed by atoms with van der Waals surface area (Å²) in [7, 11) is 0. The van der Waals surface area contributed by atoms with Crippen molar-refractivity contribution in [3.05, 3.63) is 12.2 Å². The molecular formula is C35H64O6. The van der Waals surface area contributed by atoms with Crippen LogP contribution in [0.5, 0.6) is 0 Å². The average molecular weight is 581 g/mol. The Morgan fingerprint density at radius 1 is 0.683 bits per heavy atom. The van der Waals surface area contributed by atoms with Gasteiger partial charge in [0.05, 0.1) is 18.8 Å². The lowest BCUT2D eigenvalue weighted by atomic mass is 10.1. The number of hydrogen-bond acceptors (Lipinski definition) is 6. The number of rotatable bonds is 30. The Hall–Kier alpha value is -1.40. The molecule has 0 radical (unpaired) electrons. The van der Waals surface area contributed by atoms with Gasteiger partial charge < -0.3 is 19.3 Å². The number of carbonyl (C=O) groups is 2. The van der Waals surface area contributed by atoms with E-state index in [1.54, 1.807) is 0 Å². The van der Waals surface area contributed by atoms with E-state index >= 15 is 0 Å². The van der Waals surface area contributed by atoms with E-state index in [0.717, 1.165) is 57.8 Å². The van der Waals surface area contributed by atoms with Gasteiger partial charge in [-0.3, -0.25) is 9.59 Å². The van der Waals surface area contributed by atoms with Gasteiger partial charge in [-0.05, 0) is 38.5 Å². The molecule has 0 aromatic heterocycles. The molecule has 0 bridgehead atoms. The van der Waals surface area contributed by atoms with Crippen LogP contribution in [-0.2, 0) is 23.8 Å². The minimum atomic E-state index is -0.776. The van der Waals surface area contributed by atoms with Gasteiger partial charge in [-0.15, -0.1) is 0 Å². The molecule has 2 unspecified atom stereocenters. The molecule has 0 aromatic carbocycles. The molecule has 6 heteroatoms. The summed E-state index contributed by atoms with van der Waals surface area (Å²) >= 11 is 0. The number of unbranched alkanes of at least 4 members (excludes halogenated alkanes) is 17. The van der Waals surface area contributed by atoms with Crippen LogP contribution in [0.2, 0.25) is 0 Å². The Bertz CT molecular complexity index is 649. The van der Waals surface area contributed by atoms with Gasteiger partial charge in [-0.2, -0.15) is 0 Å². The van der Waals surface area contributed by atoms with Gasteiger partial charge >= 0.3 is 11.9 Å². The Balaban J connectivity index is 1.91. The minimum Gasteiger partial charge on any atom is -0.462 e. The zero-order chi connectivity index (χ0) is 29.8. The summed E-state index contributed by atoms with van der Waals surface area (Å²) in [6, 6.07) is 0. The van der Waals surface area contributed by atoms with E-state index in [0.29, 0.717) is 25.0 Å². The molecular weight excluding hydrogens is 516 g/mol. The predicted octanol–water partition coefficient (Wildman–Crippen LogP) is 9.16. The molecule has 6 nitrogen and oxygen atoms in total. The first kappa shape index (κ1) is 37.6. The fourth-order valence-corrected chi connectivity index (χ4v) is 5.21. The molecule has 1 saturated heterocycles. The molecule has 1 aliphatic heterocycles. The van der Waals surface area contributed by atoms with Crippen LogP contribution in [-0.4, -0.2) is 48.6 Å². The highest BCUT2D eigenvalue weighted by Crippen LogP contribution is 2.30. The zero-order valence-electron chi connectivity index (χ0n) is 26.8. The fourth-order valence-electron chi connectivity index (χ4n) is 5.21. The number of epoxide rings is 1. The van der Waals surface area contributed by atoms with Gasteiger partial charge in [0.2, 0.25) is 0 Å². The summed E-state index contributed by atoms with van der Waals surface area (Å²) in [6.45, 7) is 4.07. The lowest BCUT2D eigenvalue weighted by Crippen LogP contribution is -2.28. The first-order chi connectivity index (χ1) is 20.1. The third-order valence-corrected chi connectivity index (χ3v) is 7.98. The van der Waals surface area contributed by atoms with E-state index < -0.39 is 6.10 Å². The zero-order valence-corrected chi connectivity index (χ0v) is 26.8. The molecule has 240 valence electrons. The van der Waals surface area contributed by atoms with Crippen LogP contribution in [0.25, 0.3) is 0 Å². The number of hydrogen-bond donors (Lipinski definition) is 1. The lowest BCUT2D eigenvalue weighted by Gasteiger charge is -2.15. The maximum atomic E-state index is 12.1. The van der Waals surface area contributed by atoms with Gasteiger partial charge in [-0.1, -0.05) is 129 Å². The van der Waals surface area contributed by atoms with E-state index in [4.69, 9.17) is 14.2 Å². The highest BCUT2D eigenvalue weighted by atomic mass is 16.6. The van der Waals surface area contributed by atoms with Crippen molar-refractivity contribution in [2.75, 3.05) is 13.2 Å². The summed E-state index contributed by atoms with van der Waals surface area (Å²) < 4.78 is 16.3. The molecule has 0 aromatic rings. The number of allylic oxidation sites excluding steroid dienone is 1.